The highest BCUT2D eigenvalue weighted by Gasteiger charge is 2.14. The minimum absolute atomic E-state index is 0.306. The molecule has 1 aromatic carbocycles. The highest BCUT2D eigenvalue weighted by Crippen LogP contribution is 2.21. The van der Waals surface area contributed by atoms with Gasteiger partial charge in [-0.3, -0.25) is 0 Å². The lowest BCUT2D eigenvalue weighted by Gasteiger charge is -2.16. The molecule has 2 rings (SSSR count). The number of aryl methyl sites for hydroxylation is 4. The molecule has 0 saturated heterocycles. The molecule has 0 amide bonds. The van der Waals surface area contributed by atoms with E-state index in [0.29, 0.717) is 12.5 Å². The number of rotatable bonds is 4. The van der Waals surface area contributed by atoms with Crippen molar-refractivity contribution in [3.63, 3.8) is 0 Å². The number of hydrogen-bond acceptors (Lipinski definition) is 3. The fourth-order valence-corrected chi connectivity index (χ4v) is 2.80. The summed E-state index contributed by atoms with van der Waals surface area (Å²) in [6.45, 7) is 11.1. The normalized spacial score (nSPS) is 12.5. The van der Waals surface area contributed by atoms with E-state index in [1.54, 1.807) is 0 Å². The first kappa shape index (κ1) is 15.6. The Bertz CT molecular complexity index is 624. The van der Waals surface area contributed by atoms with Crippen molar-refractivity contribution in [1.82, 2.24) is 9.97 Å². The van der Waals surface area contributed by atoms with Crippen LogP contribution in [-0.2, 0) is 6.42 Å². The summed E-state index contributed by atoms with van der Waals surface area (Å²) in [5, 5.41) is 0. The Morgan fingerprint density at radius 2 is 1.62 bits per heavy atom. The van der Waals surface area contributed by atoms with Crippen molar-refractivity contribution in [3.8, 4) is 0 Å². The van der Waals surface area contributed by atoms with Gasteiger partial charge in [-0.15, -0.1) is 0 Å². The Hall–Kier alpha value is -1.74. The van der Waals surface area contributed by atoms with Crippen LogP contribution in [-0.4, -0.2) is 16.5 Å². The summed E-state index contributed by atoms with van der Waals surface area (Å²) < 4.78 is 0. The number of nitrogens with zero attached hydrogens (tertiary/aromatic N) is 2. The molecule has 0 fully saturated rings. The van der Waals surface area contributed by atoms with Crippen molar-refractivity contribution in [2.45, 2.75) is 47.0 Å². The van der Waals surface area contributed by atoms with E-state index in [1.165, 1.54) is 22.3 Å². The molecule has 0 bridgehead atoms. The fourth-order valence-electron chi connectivity index (χ4n) is 2.80. The highest BCUT2D eigenvalue weighted by atomic mass is 14.9. The summed E-state index contributed by atoms with van der Waals surface area (Å²) in [4.78, 5) is 9.37. The summed E-state index contributed by atoms with van der Waals surface area (Å²) in [7, 11) is 0. The van der Waals surface area contributed by atoms with Gasteiger partial charge >= 0.3 is 0 Å². The van der Waals surface area contributed by atoms with Crippen molar-refractivity contribution in [1.29, 1.82) is 0 Å². The predicted octanol–water partition coefficient (Wildman–Crippen LogP) is 3.36. The molecule has 0 saturated carbocycles. The van der Waals surface area contributed by atoms with Gasteiger partial charge in [0.15, 0.2) is 0 Å². The Balaban J connectivity index is 2.31. The van der Waals surface area contributed by atoms with E-state index < -0.39 is 0 Å². The van der Waals surface area contributed by atoms with Gasteiger partial charge in [-0.25, -0.2) is 9.97 Å². The van der Waals surface area contributed by atoms with Crippen molar-refractivity contribution < 1.29 is 0 Å². The molecule has 112 valence electrons. The molecule has 2 N–H and O–H groups in total. The van der Waals surface area contributed by atoms with Crippen LogP contribution in [0.5, 0.6) is 0 Å². The monoisotopic (exact) mass is 283 g/mol. The van der Waals surface area contributed by atoms with Gasteiger partial charge in [0.05, 0.1) is 0 Å². The standard InChI is InChI=1S/C18H25N3/c1-11-6-7-16(8-12(11)2)9-17-20-14(4)18(13(3)10-19)15(5)21-17/h6-8,13H,9-10,19H2,1-5H3. The minimum Gasteiger partial charge on any atom is -0.330 e. The first-order valence-electron chi connectivity index (χ1n) is 7.52. The molecule has 0 spiro atoms. The van der Waals surface area contributed by atoms with E-state index in [9.17, 15) is 0 Å². The van der Waals surface area contributed by atoms with Crippen LogP contribution in [0.3, 0.4) is 0 Å². The molecular weight excluding hydrogens is 258 g/mol. The Labute approximate surface area is 127 Å². The van der Waals surface area contributed by atoms with Crippen molar-refractivity contribution in [3.05, 3.63) is 57.7 Å². The molecular formula is C18H25N3. The summed E-state index contributed by atoms with van der Waals surface area (Å²) in [5.41, 5.74) is 13.0. The van der Waals surface area contributed by atoms with Gasteiger partial charge in [0.2, 0.25) is 0 Å². The summed E-state index contributed by atoms with van der Waals surface area (Å²) in [6, 6.07) is 6.54. The second kappa shape index (κ2) is 6.35. The molecule has 3 heteroatoms. The lowest BCUT2D eigenvalue weighted by atomic mass is 9.98. The molecule has 1 aromatic heterocycles. The van der Waals surface area contributed by atoms with Crippen LogP contribution in [0.4, 0.5) is 0 Å². The van der Waals surface area contributed by atoms with Gasteiger partial charge < -0.3 is 5.73 Å². The van der Waals surface area contributed by atoms with E-state index in [-0.39, 0.29) is 0 Å². The molecule has 1 heterocycles. The van der Waals surface area contributed by atoms with Crippen LogP contribution in [0.25, 0.3) is 0 Å². The van der Waals surface area contributed by atoms with Crippen LogP contribution < -0.4 is 5.73 Å². The van der Waals surface area contributed by atoms with E-state index in [0.717, 1.165) is 23.6 Å². The molecule has 1 atom stereocenters. The van der Waals surface area contributed by atoms with Crippen molar-refractivity contribution >= 4 is 0 Å². The molecule has 1 unspecified atom stereocenters. The number of benzene rings is 1. The zero-order valence-electron chi connectivity index (χ0n) is 13.7. The average molecular weight is 283 g/mol. The zero-order chi connectivity index (χ0) is 15.6. The number of aromatic nitrogens is 2. The number of nitrogens with two attached hydrogens (primary N) is 1. The largest absolute Gasteiger partial charge is 0.330 e. The second-order valence-corrected chi connectivity index (χ2v) is 5.96. The first-order chi connectivity index (χ1) is 9.92. The fraction of sp³-hybridized carbons (Fsp3) is 0.444. The quantitative estimate of drug-likeness (QED) is 0.936. The van der Waals surface area contributed by atoms with E-state index in [4.69, 9.17) is 5.73 Å². The van der Waals surface area contributed by atoms with Gasteiger partial charge in [-0.2, -0.15) is 0 Å². The van der Waals surface area contributed by atoms with E-state index >= 15 is 0 Å². The summed E-state index contributed by atoms with van der Waals surface area (Å²) in [5.74, 6) is 1.20. The van der Waals surface area contributed by atoms with Crippen molar-refractivity contribution in [2.24, 2.45) is 5.73 Å². The first-order valence-corrected chi connectivity index (χ1v) is 7.52. The van der Waals surface area contributed by atoms with Gasteiger partial charge in [0.25, 0.3) is 0 Å². The lowest BCUT2D eigenvalue weighted by molar-refractivity contribution is 0.733. The molecule has 2 aromatic rings. The smallest absolute Gasteiger partial charge is 0.133 e. The summed E-state index contributed by atoms with van der Waals surface area (Å²) >= 11 is 0. The third-order valence-electron chi connectivity index (χ3n) is 4.15. The molecule has 21 heavy (non-hydrogen) atoms. The van der Waals surface area contributed by atoms with Gasteiger partial charge in [0.1, 0.15) is 5.82 Å². The topological polar surface area (TPSA) is 51.8 Å². The van der Waals surface area contributed by atoms with Gasteiger partial charge in [0, 0.05) is 17.8 Å². The van der Waals surface area contributed by atoms with Crippen LogP contribution >= 0.6 is 0 Å². The molecule has 0 aliphatic heterocycles. The van der Waals surface area contributed by atoms with Gasteiger partial charge in [-0.05, 0) is 62.4 Å². The SMILES string of the molecule is Cc1ccc(Cc2nc(C)c(C(C)CN)c(C)n2)cc1C. The Morgan fingerprint density at radius 3 is 2.14 bits per heavy atom. The molecule has 0 aliphatic rings. The van der Waals surface area contributed by atoms with Crippen LogP contribution in [0, 0.1) is 27.7 Å². The number of hydrogen-bond donors (Lipinski definition) is 1. The Kier molecular flexibility index (Phi) is 4.73. The maximum absolute atomic E-state index is 5.78. The second-order valence-electron chi connectivity index (χ2n) is 5.96. The highest BCUT2D eigenvalue weighted by molar-refractivity contribution is 5.33. The molecule has 0 aliphatic carbocycles. The predicted molar refractivity (Wildman–Crippen MR) is 87.7 cm³/mol. The average Bonchev–Trinajstić information content (AvgIpc) is 2.42. The van der Waals surface area contributed by atoms with Crippen LogP contribution in [0.2, 0.25) is 0 Å². The summed E-state index contributed by atoms with van der Waals surface area (Å²) in [6.07, 6.45) is 0.778. The maximum Gasteiger partial charge on any atom is 0.133 e. The Morgan fingerprint density at radius 1 is 1.00 bits per heavy atom. The van der Waals surface area contributed by atoms with Gasteiger partial charge in [-0.1, -0.05) is 25.1 Å². The zero-order valence-corrected chi connectivity index (χ0v) is 13.7. The van der Waals surface area contributed by atoms with Crippen molar-refractivity contribution in [2.75, 3.05) is 6.54 Å². The van der Waals surface area contributed by atoms with Crippen LogP contribution in [0.15, 0.2) is 18.2 Å². The van der Waals surface area contributed by atoms with E-state index in [1.807, 2.05) is 0 Å². The third kappa shape index (κ3) is 3.48. The van der Waals surface area contributed by atoms with Crippen LogP contribution in [0.1, 0.15) is 52.3 Å². The third-order valence-corrected chi connectivity index (χ3v) is 4.15. The molecule has 0 radical (unpaired) electrons. The minimum atomic E-state index is 0.306. The lowest BCUT2D eigenvalue weighted by Crippen LogP contribution is -2.15. The maximum atomic E-state index is 5.78. The molecule has 3 nitrogen and oxygen atoms in total. The van der Waals surface area contributed by atoms with E-state index in [2.05, 4.69) is 62.8 Å².